The number of hydrogen-bond donors (Lipinski definition) is 2. The summed E-state index contributed by atoms with van der Waals surface area (Å²) in [4.78, 5) is 4.08. The molecule has 2 rings (SSSR count). The van der Waals surface area contributed by atoms with Gasteiger partial charge in [-0.15, -0.1) is 0 Å². The van der Waals surface area contributed by atoms with Gasteiger partial charge in [-0.3, -0.25) is 4.99 Å². The van der Waals surface area contributed by atoms with Crippen molar-refractivity contribution in [3.05, 3.63) is 29.8 Å². The predicted molar refractivity (Wildman–Crippen MR) is 60.2 cm³/mol. The number of aliphatic imine (C=N–C) groups is 1. The van der Waals surface area contributed by atoms with Gasteiger partial charge in [0.2, 0.25) is 0 Å². The molecule has 0 saturated heterocycles. The maximum absolute atomic E-state index is 5.56. The fourth-order valence-electron chi connectivity index (χ4n) is 1.70. The van der Waals surface area contributed by atoms with Crippen LogP contribution in [0.5, 0.6) is 5.75 Å². The lowest BCUT2D eigenvalue weighted by Gasteiger charge is -2.14. The van der Waals surface area contributed by atoms with Crippen LogP contribution >= 0.6 is 0 Å². The summed E-state index contributed by atoms with van der Waals surface area (Å²) in [5.41, 5.74) is 1.19. The molecule has 1 atom stereocenters. The van der Waals surface area contributed by atoms with E-state index in [1.165, 1.54) is 5.56 Å². The zero-order valence-corrected chi connectivity index (χ0v) is 8.95. The molecule has 4 heteroatoms. The van der Waals surface area contributed by atoms with Gasteiger partial charge in [-0.05, 0) is 6.07 Å². The lowest BCUT2D eigenvalue weighted by Crippen LogP contribution is -2.37. The van der Waals surface area contributed by atoms with Crippen LogP contribution in [0.4, 0.5) is 0 Å². The summed E-state index contributed by atoms with van der Waals surface area (Å²) in [6, 6.07) is 8.24. The van der Waals surface area contributed by atoms with E-state index in [-0.39, 0.29) is 6.04 Å². The molecule has 0 fully saturated rings. The molecule has 0 bridgehead atoms. The van der Waals surface area contributed by atoms with Gasteiger partial charge in [-0.1, -0.05) is 18.2 Å². The van der Waals surface area contributed by atoms with Crippen molar-refractivity contribution in [1.29, 1.82) is 0 Å². The van der Waals surface area contributed by atoms with E-state index in [2.05, 4.69) is 21.7 Å². The molecule has 0 spiro atoms. The standard InChI is InChI=1S/C11H15N3O/c1-12-11(13-2)14-9-7-15-10-6-4-3-5-8(9)10/h3-6,9H,7H2,1-2H3,(H2,12,13,14). The third-order valence-electron chi connectivity index (χ3n) is 2.47. The van der Waals surface area contributed by atoms with E-state index in [9.17, 15) is 0 Å². The average Bonchev–Trinajstić information content (AvgIpc) is 2.69. The number of nitrogens with zero attached hydrogens (tertiary/aromatic N) is 1. The number of rotatable bonds is 1. The largest absolute Gasteiger partial charge is 0.491 e. The Hall–Kier alpha value is -1.71. The molecule has 1 aliphatic rings. The minimum absolute atomic E-state index is 0.187. The molecular weight excluding hydrogens is 190 g/mol. The minimum atomic E-state index is 0.187. The Balaban J connectivity index is 2.14. The number of fused-ring (bicyclic) bond motifs is 1. The molecular formula is C11H15N3O. The summed E-state index contributed by atoms with van der Waals surface area (Å²) >= 11 is 0. The average molecular weight is 205 g/mol. The number of benzene rings is 1. The summed E-state index contributed by atoms with van der Waals surface area (Å²) in [6.07, 6.45) is 0. The molecule has 4 nitrogen and oxygen atoms in total. The van der Waals surface area contributed by atoms with Gasteiger partial charge in [0.05, 0.1) is 6.04 Å². The van der Waals surface area contributed by atoms with Gasteiger partial charge in [0.25, 0.3) is 0 Å². The predicted octanol–water partition coefficient (Wildman–Crippen LogP) is 0.915. The fourth-order valence-corrected chi connectivity index (χ4v) is 1.70. The fraction of sp³-hybridized carbons (Fsp3) is 0.364. The molecule has 15 heavy (non-hydrogen) atoms. The molecule has 0 aliphatic carbocycles. The lowest BCUT2D eigenvalue weighted by molar-refractivity contribution is 0.324. The summed E-state index contributed by atoms with van der Waals surface area (Å²) < 4.78 is 5.56. The highest BCUT2D eigenvalue weighted by Gasteiger charge is 2.23. The molecule has 0 radical (unpaired) electrons. The monoisotopic (exact) mass is 205 g/mol. The molecule has 0 amide bonds. The normalized spacial score (nSPS) is 19.3. The summed E-state index contributed by atoms with van der Waals surface area (Å²) in [5, 5.41) is 6.28. The highest BCUT2D eigenvalue weighted by molar-refractivity contribution is 5.80. The van der Waals surface area contributed by atoms with Gasteiger partial charge >= 0.3 is 0 Å². The molecule has 1 aromatic carbocycles. The lowest BCUT2D eigenvalue weighted by atomic mass is 10.1. The van der Waals surface area contributed by atoms with Crippen molar-refractivity contribution < 1.29 is 4.74 Å². The minimum Gasteiger partial charge on any atom is -0.491 e. The van der Waals surface area contributed by atoms with Gasteiger partial charge < -0.3 is 15.4 Å². The highest BCUT2D eigenvalue weighted by Crippen LogP contribution is 2.31. The first-order chi connectivity index (χ1) is 7.35. The third kappa shape index (κ3) is 1.88. The van der Waals surface area contributed by atoms with Crippen molar-refractivity contribution in [2.45, 2.75) is 6.04 Å². The van der Waals surface area contributed by atoms with Gasteiger partial charge in [-0.25, -0.2) is 0 Å². The second kappa shape index (κ2) is 4.21. The molecule has 80 valence electrons. The highest BCUT2D eigenvalue weighted by atomic mass is 16.5. The van der Waals surface area contributed by atoms with Crippen molar-refractivity contribution >= 4 is 5.96 Å². The zero-order valence-electron chi connectivity index (χ0n) is 8.95. The van der Waals surface area contributed by atoms with Gasteiger partial charge in [0.1, 0.15) is 12.4 Å². The van der Waals surface area contributed by atoms with Gasteiger partial charge in [0.15, 0.2) is 5.96 Å². The van der Waals surface area contributed by atoms with Crippen molar-refractivity contribution in [2.24, 2.45) is 4.99 Å². The Kier molecular flexibility index (Phi) is 2.76. The van der Waals surface area contributed by atoms with E-state index in [1.54, 1.807) is 7.05 Å². The zero-order chi connectivity index (χ0) is 10.7. The van der Waals surface area contributed by atoms with Crippen molar-refractivity contribution in [1.82, 2.24) is 10.6 Å². The van der Waals surface area contributed by atoms with Crippen LogP contribution in [0.15, 0.2) is 29.3 Å². The van der Waals surface area contributed by atoms with Crippen LogP contribution in [0.1, 0.15) is 11.6 Å². The number of para-hydroxylation sites is 1. The van der Waals surface area contributed by atoms with Gasteiger partial charge in [-0.2, -0.15) is 0 Å². The third-order valence-corrected chi connectivity index (χ3v) is 2.47. The van der Waals surface area contributed by atoms with Crippen LogP contribution < -0.4 is 15.4 Å². The number of guanidine groups is 1. The Bertz CT molecular complexity index is 376. The van der Waals surface area contributed by atoms with Crippen LogP contribution in [0.2, 0.25) is 0 Å². The van der Waals surface area contributed by atoms with Crippen LogP contribution in [0.25, 0.3) is 0 Å². The summed E-state index contributed by atoms with van der Waals surface area (Å²) in [7, 11) is 3.59. The second-order valence-electron chi connectivity index (χ2n) is 3.37. The first-order valence-corrected chi connectivity index (χ1v) is 4.98. The Morgan fingerprint density at radius 1 is 1.47 bits per heavy atom. The van der Waals surface area contributed by atoms with E-state index in [0.717, 1.165) is 11.7 Å². The number of hydrogen-bond acceptors (Lipinski definition) is 2. The summed E-state index contributed by atoms with van der Waals surface area (Å²) in [5.74, 6) is 1.74. The second-order valence-corrected chi connectivity index (χ2v) is 3.37. The van der Waals surface area contributed by atoms with Crippen LogP contribution in [0.3, 0.4) is 0 Å². The molecule has 1 aliphatic heterocycles. The van der Waals surface area contributed by atoms with E-state index >= 15 is 0 Å². The Morgan fingerprint density at radius 3 is 3.00 bits per heavy atom. The Morgan fingerprint density at radius 2 is 2.27 bits per heavy atom. The van der Waals surface area contributed by atoms with Crippen LogP contribution in [0, 0.1) is 0 Å². The topological polar surface area (TPSA) is 45.7 Å². The van der Waals surface area contributed by atoms with Crippen molar-refractivity contribution in [3.8, 4) is 5.75 Å². The molecule has 0 aromatic heterocycles. The van der Waals surface area contributed by atoms with Crippen molar-refractivity contribution in [2.75, 3.05) is 20.7 Å². The first kappa shape index (κ1) is 9.83. The van der Waals surface area contributed by atoms with E-state index < -0.39 is 0 Å². The summed E-state index contributed by atoms with van der Waals surface area (Å²) in [6.45, 7) is 0.653. The molecule has 1 heterocycles. The first-order valence-electron chi connectivity index (χ1n) is 4.98. The van der Waals surface area contributed by atoms with E-state index in [1.807, 2.05) is 25.2 Å². The quantitative estimate of drug-likeness (QED) is 0.529. The molecule has 2 N–H and O–H groups in total. The SMILES string of the molecule is CN=C(NC)NC1COc2ccccc21. The molecule has 1 unspecified atom stereocenters. The Labute approximate surface area is 89.4 Å². The van der Waals surface area contributed by atoms with Crippen molar-refractivity contribution in [3.63, 3.8) is 0 Å². The number of ether oxygens (including phenoxy) is 1. The smallest absolute Gasteiger partial charge is 0.191 e. The molecule has 0 saturated carbocycles. The van der Waals surface area contributed by atoms with E-state index in [4.69, 9.17) is 4.74 Å². The maximum atomic E-state index is 5.56. The van der Waals surface area contributed by atoms with Crippen LogP contribution in [-0.4, -0.2) is 26.7 Å². The number of nitrogens with one attached hydrogen (secondary N) is 2. The van der Waals surface area contributed by atoms with Gasteiger partial charge in [0, 0.05) is 19.7 Å². The van der Waals surface area contributed by atoms with Crippen LogP contribution in [-0.2, 0) is 0 Å². The molecule has 1 aromatic rings. The maximum Gasteiger partial charge on any atom is 0.191 e. The van der Waals surface area contributed by atoms with E-state index in [0.29, 0.717) is 6.61 Å².